The number of phenolic OH excluding ortho intramolecular Hbond substituents is 1. The van der Waals surface area contributed by atoms with Crippen LogP contribution in [0.25, 0.3) is 6.08 Å². The quantitative estimate of drug-likeness (QED) is 0.513. The molecular formula is C15H12N2O4. The summed E-state index contributed by atoms with van der Waals surface area (Å²) in [6.45, 7) is 0. The number of aromatic hydroxyl groups is 1. The molecule has 1 amide bonds. The van der Waals surface area contributed by atoms with Crippen molar-refractivity contribution >= 4 is 23.4 Å². The number of nitrogens with one attached hydrogen (secondary N) is 1. The van der Waals surface area contributed by atoms with E-state index in [9.17, 15) is 20.0 Å². The SMILES string of the molecule is O=C(/C=C/c1cccc([N+](=O)[O-])c1)Nc1cccc(O)c1. The first-order chi connectivity index (χ1) is 10.0. The van der Waals surface area contributed by atoms with Crippen LogP contribution >= 0.6 is 0 Å². The standard InChI is InChI=1S/C15H12N2O4/c18-14-6-2-4-12(10-14)16-15(19)8-7-11-3-1-5-13(9-11)17(20)21/h1-10,18H,(H,16,19)/b8-7+. The summed E-state index contributed by atoms with van der Waals surface area (Å²) in [6, 6.07) is 12.1. The lowest BCUT2D eigenvalue weighted by molar-refractivity contribution is -0.384. The van der Waals surface area contributed by atoms with Crippen LogP contribution in [0.3, 0.4) is 0 Å². The number of nitro benzene ring substituents is 1. The smallest absolute Gasteiger partial charge is 0.270 e. The molecule has 0 aliphatic heterocycles. The summed E-state index contributed by atoms with van der Waals surface area (Å²) >= 11 is 0. The molecule has 0 radical (unpaired) electrons. The Hall–Kier alpha value is -3.15. The molecule has 106 valence electrons. The van der Waals surface area contributed by atoms with Crippen LogP contribution in [0.15, 0.2) is 54.6 Å². The molecule has 2 rings (SSSR count). The summed E-state index contributed by atoms with van der Waals surface area (Å²) in [5.74, 6) is -0.345. The number of anilines is 1. The Morgan fingerprint density at radius 1 is 1.19 bits per heavy atom. The molecule has 0 spiro atoms. The Morgan fingerprint density at radius 3 is 2.67 bits per heavy atom. The fourth-order valence-electron chi connectivity index (χ4n) is 1.68. The fraction of sp³-hybridized carbons (Fsp3) is 0. The van der Waals surface area contributed by atoms with Gasteiger partial charge < -0.3 is 10.4 Å². The van der Waals surface area contributed by atoms with Crippen molar-refractivity contribution in [3.05, 3.63) is 70.3 Å². The van der Waals surface area contributed by atoms with Gasteiger partial charge in [0.2, 0.25) is 5.91 Å². The number of nitro groups is 1. The minimum atomic E-state index is -0.496. The zero-order valence-electron chi connectivity index (χ0n) is 10.9. The van der Waals surface area contributed by atoms with Crippen LogP contribution < -0.4 is 5.32 Å². The first-order valence-electron chi connectivity index (χ1n) is 6.07. The Morgan fingerprint density at radius 2 is 1.95 bits per heavy atom. The van der Waals surface area contributed by atoms with Crippen LogP contribution in [0.2, 0.25) is 0 Å². The number of amides is 1. The molecule has 0 saturated heterocycles. The van der Waals surface area contributed by atoms with E-state index in [1.54, 1.807) is 24.3 Å². The average Bonchev–Trinajstić information content (AvgIpc) is 2.45. The Labute approximate surface area is 120 Å². The predicted octanol–water partition coefficient (Wildman–Crippen LogP) is 2.95. The molecule has 2 aromatic carbocycles. The molecule has 2 N–H and O–H groups in total. The number of carbonyl (C=O) groups is 1. The molecular weight excluding hydrogens is 272 g/mol. The highest BCUT2D eigenvalue weighted by Gasteiger charge is 2.04. The molecule has 6 heteroatoms. The number of non-ortho nitro benzene ring substituents is 1. The third kappa shape index (κ3) is 4.17. The van der Waals surface area contributed by atoms with Gasteiger partial charge in [-0.15, -0.1) is 0 Å². The summed E-state index contributed by atoms with van der Waals surface area (Å²) in [5.41, 5.74) is 0.976. The Bertz CT molecular complexity index is 710. The molecule has 0 heterocycles. The van der Waals surface area contributed by atoms with Gasteiger partial charge in [0.05, 0.1) is 4.92 Å². The van der Waals surface area contributed by atoms with E-state index in [1.807, 2.05) is 0 Å². The van der Waals surface area contributed by atoms with E-state index in [0.717, 1.165) is 0 Å². The second-order valence-electron chi connectivity index (χ2n) is 4.23. The molecule has 0 fully saturated rings. The molecule has 0 saturated carbocycles. The number of carbonyl (C=O) groups excluding carboxylic acids is 1. The van der Waals surface area contributed by atoms with Gasteiger partial charge >= 0.3 is 0 Å². The molecule has 0 unspecified atom stereocenters. The van der Waals surface area contributed by atoms with Gasteiger partial charge in [-0.2, -0.15) is 0 Å². The van der Waals surface area contributed by atoms with Gasteiger partial charge in [0.1, 0.15) is 5.75 Å². The minimum Gasteiger partial charge on any atom is -0.508 e. The first kappa shape index (κ1) is 14.3. The molecule has 0 bridgehead atoms. The molecule has 0 aromatic heterocycles. The molecule has 0 atom stereocenters. The van der Waals surface area contributed by atoms with Crippen LogP contribution in [-0.2, 0) is 4.79 Å². The van der Waals surface area contributed by atoms with Crippen LogP contribution in [-0.4, -0.2) is 15.9 Å². The van der Waals surface area contributed by atoms with Gasteiger partial charge in [-0.05, 0) is 23.8 Å². The van der Waals surface area contributed by atoms with Gasteiger partial charge in [-0.1, -0.05) is 18.2 Å². The van der Waals surface area contributed by atoms with Crippen LogP contribution in [0.1, 0.15) is 5.56 Å². The number of benzene rings is 2. The highest BCUT2D eigenvalue weighted by atomic mass is 16.6. The van der Waals surface area contributed by atoms with Crippen molar-refractivity contribution in [3.8, 4) is 5.75 Å². The predicted molar refractivity (Wildman–Crippen MR) is 78.9 cm³/mol. The summed E-state index contributed by atoms with van der Waals surface area (Å²) in [5, 5.41) is 22.5. The van der Waals surface area contributed by atoms with Crippen molar-refractivity contribution in [1.82, 2.24) is 0 Å². The van der Waals surface area contributed by atoms with Gasteiger partial charge in [0.25, 0.3) is 5.69 Å². The van der Waals surface area contributed by atoms with Gasteiger partial charge in [-0.25, -0.2) is 0 Å². The van der Waals surface area contributed by atoms with E-state index in [1.165, 1.54) is 36.4 Å². The normalized spacial score (nSPS) is 10.5. The zero-order chi connectivity index (χ0) is 15.2. The number of hydrogen-bond acceptors (Lipinski definition) is 4. The maximum absolute atomic E-state index is 11.7. The highest BCUT2D eigenvalue weighted by Crippen LogP contribution is 2.16. The average molecular weight is 284 g/mol. The van der Waals surface area contributed by atoms with Crippen molar-refractivity contribution in [2.75, 3.05) is 5.32 Å². The summed E-state index contributed by atoms with van der Waals surface area (Å²) in [4.78, 5) is 21.8. The fourth-order valence-corrected chi connectivity index (χ4v) is 1.68. The van der Waals surface area contributed by atoms with E-state index < -0.39 is 10.8 Å². The van der Waals surface area contributed by atoms with E-state index in [4.69, 9.17) is 0 Å². The zero-order valence-corrected chi connectivity index (χ0v) is 10.9. The van der Waals surface area contributed by atoms with Crippen molar-refractivity contribution < 1.29 is 14.8 Å². The summed E-state index contributed by atoms with van der Waals surface area (Å²) < 4.78 is 0. The summed E-state index contributed by atoms with van der Waals surface area (Å²) in [6.07, 6.45) is 2.74. The van der Waals surface area contributed by atoms with Gasteiger partial charge in [-0.3, -0.25) is 14.9 Å². The van der Waals surface area contributed by atoms with Crippen LogP contribution in [0.4, 0.5) is 11.4 Å². The maximum atomic E-state index is 11.7. The molecule has 2 aromatic rings. The van der Waals surface area contributed by atoms with Crippen molar-refractivity contribution in [2.45, 2.75) is 0 Å². The lowest BCUT2D eigenvalue weighted by Gasteiger charge is -2.02. The monoisotopic (exact) mass is 284 g/mol. The highest BCUT2D eigenvalue weighted by molar-refractivity contribution is 6.02. The number of phenols is 1. The molecule has 21 heavy (non-hydrogen) atoms. The second kappa shape index (κ2) is 6.33. The van der Waals surface area contributed by atoms with Crippen molar-refractivity contribution in [1.29, 1.82) is 0 Å². The van der Waals surface area contributed by atoms with E-state index in [-0.39, 0.29) is 11.4 Å². The Kier molecular flexibility index (Phi) is 4.30. The number of rotatable bonds is 4. The third-order valence-corrected chi connectivity index (χ3v) is 2.62. The van der Waals surface area contributed by atoms with Crippen molar-refractivity contribution in [3.63, 3.8) is 0 Å². The van der Waals surface area contributed by atoms with E-state index in [2.05, 4.69) is 5.32 Å². The van der Waals surface area contributed by atoms with Crippen LogP contribution in [0, 0.1) is 10.1 Å². The first-order valence-corrected chi connectivity index (χ1v) is 6.07. The molecule has 0 aliphatic rings. The van der Waals surface area contributed by atoms with Crippen LogP contribution in [0.5, 0.6) is 5.75 Å². The van der Waals surface area contributed by atoms with Gasteiger partial charge in [0, 0.05) is 30.0 Å². The van der Waals surface area contributed by atoms with Gasteiger partial charge in [0.15, 0.2) is 0 Å². The second-order valence-corrected chi connectivity index (χ2v) is 4.23. The van der Waals surface area contributed by atoms with Crippen molar-refractivity contribution in [2.24, 2.45) is 0 Å². The molecule has 6 nitrogen and oxygen atoms in total. The topological polar surface area (TPSA) is 92.5 Å². The number of nitrogens with zero attached hydrogens (tertiary/aromatic N) is 1. The lowest BCUT2D eigenvalue weighted by Crippen LogP contribution is -2.07. The largest absolute Gasteiger partial charge is 0.508 e. The number of hydrogen-bond donors (Lipinski definition) is 2. The lowest BCUT2D eigenvalue weighted by atomic mass is 10.2. The minimum absolute atomic E-state index is 0.0365. The molecule has 0 aliphatic carbocycles. The third-order valence-electron chi connectivity index (χ3n) is 2.62. The maximum Gasteiger partial charge on any atom is 0.270 e. The Balaban J connectivity index is 2.05. The van der Waals surface area contributed by atoms with E-state index >= 15 is 0 Å². The van der Waals surface area contributed by atoms with E-state index in [0.29, 0.717) is 11.3 Å². The summed E-state index contributed by atoms with van der Waals surface area (Å²) in [7, 11) is 0.